The highest BCUT2D eigenvalue weighted by Gasteiger charge is 2.22. The molecule has 7 heteroatoms. The summed E-state index contributed by atoms with van der Waals surface area (Å²) in [6.07, 6.45) is 2.40. The summed E-state index contributed by atoms with van der Waals surface area (Å²) in [7, 11) is -1.19. The number of nitrogens with zero attached hydrogens (tertiary/aromatic N) is 1. The zero-order chi connectivity index (χ0) is 14.7. The van der Waals surface area contributed by atoms with E-state index < -0.39 is 10.8 Å². The topological polar surface area (TPSA) is 59.1 Å². The maximum Gasteiger partial charge on any atom is 0.232 e. The fourth-order valence-corrected chi connectivity index (χ4v) is 4.59. The molecular formula is C14H16N2O2S3. The Morgan fingerprint density at radius 1 is 1.43 bits per heavy atom. The van der Waals surface area contributed by atoms with Crippen molar-refractivity contribution in [1.29, 1.82) is 0 Å². The molecule has 1 aliphatic rings. The van der Waals surface area contributed by atoms with Gasteiger partial charge in [0, 0.05) is 22.7 Å². The second kappa shape index (κ2) is 6.81. The van der Waals surface area contributed by atoms with Gasteiger partial charge in [-0.1, -0.05) is 6.07 Å². The minimum atomic E-state index is -1.19. The van der Waals surface area contributed by atoms with Gasteiger partial charge in [0.1, 0.15) is 10.8 Å². The predicted octanol–water partition coefficient (Wildman–Crippen LogP) is 2.65. The van der Waals surface area contributed by atoms with Crippen LogP contribution in [0, 0.1) is 5.92 Å². The van der Waals surface area contributed by atoms with Crippen molar-refractivity contribution in [3.05, 3.63) is 28.6 Å². The average molecular weight is 340 g/mol. The van der Waals surface area contributed by atoms with Crippen molar-refractivity contribution in [3.63, 3.8) is 0 Å². The molecule has 2 heterocycles. The monoisotopic (exact) mass is 340 g/mol. The zero-order valence-electron chi connectivity index (χ0n) is 11.4. The Balaban J connectivity index is 1.49. The van der Waals surface area contributed by atoms with Crippen molar-refractivity contribution in [1.82, 2.24) is 10.3 Å². The number of aromatic nitrogens is 1. The Morgan fingerprint density at radius 2 is 2.29 bits per heavy atom. The summed E-state index contributed by atoms with van der Waals surface area (Å²) in [5.74, 6) is 0.945. The predicted molar refractivity (Wildman–Crippen MR) is 87.9 cm³/mol. The maximum absolute atomic E-state index is 12.0. The molecule has 0 radical (unpaired) electrons. The van der Waals surface area contributed by atoms with Gasteiger partial charge >= 0.3 is 0 Å². The molecule has 1 atom stereocenters. The van der Waals surface area contributed by atoms with Gasteiger partial charge in [-0.15, -0.1) is 22.7 Å². The third kappa shape index (κ3) is 4.46. The van der Waals surface area contributed by atoms with E-state index in [1.807, 2.05) is 22.9 Å². The van der Waals surface area contributed by atoms with Gasteiger partial charge < -0.3 is 5.32 Å². The molecule has 0 unspecified atom stereocenters. The molecule has 4 nitrogen and oxygen atoms in total. The van der Waals surface area contributed by atoms with Gasteiger partial charge in [0.25, 0.3) is 0 Å². The molecule has 0 aromatic carbocycles. The third-order valence-electron chi connectivity index (χ3n) is 3.17. The number of thiazole rings is 1. The van der Waals surface area contributed by atoms with Crippen LogP contribution in [0.4, 0.5) is 0 Å². The molecule has 1 saturated carbocycles. The smallest absolute Gasteiger partial charge is 0.232 e. The first-order chi connectivity index (χ1) is 10.2. The van der Waals surface area contributed by atoms with Crippen molar-refractivity contribution in [2.24, 2.45) is 5.92 Å². The third-order valence-corrected chi connectivity index (χ3v) is 6.30. The fourth-order valence-electron chi connectivity index (χ4n) is 1.88. The molecule has 1 fully saturated rings. The van der Waals surface area contributed by atoms with Crippen molar-refractivity contribution >= 4 is 39.4 Å². The van der Waals surface area contributed by atoms with Gasteiger partial charge in [0.05, 0.1) is 16.3 Å². The van der Waals surface area contributed by atoms with Gasteiger partial charge in [-0.3, -0.25) is 9.00 Å². The number of amides is 1. The van der Waals surface area contributed by atoms with E-state index in [1.165, 1.54) is 12.8 Å². The molecule has 1 N–H and O–H groups in total. The van der Waals surface area contributed by atoms with Gasteiger partial charge in [-0.05, 0) is 30.2 Å². The SMILES string of the molecule is O=C(C[S@](=O)Cc1csc(-c2cccs2)n1)NCC1CC1. The fraction of sp³-hybridized carbons (Fsp3) is 0.429. The normalized spacial score (nSPS) is 15.8. The minimum absolute atomic E-state index is 0.0680. The molecule has 2 aromatic rings. The first kappa shape index (κ1) is 14.9. The van der Waals surface area contributed by atoms with Crippen LogP contribution in [-0.4, -0.2) is 27.4 Å². The van der Waals surface area contributed by atoms with Crippen LogP contribution in [0.2, 0.25) is 0 Å². The highest BCUT2D eigenvalue weighted by atomic mass is 32.2. The molecule has 2 aromatic heterocycles. The Labute approximate surface area is 134 Å². The Kier molecular flexibility index (Phi) is 4.82. The lowest BCUT2D eigenvalue weighted by Crippen LogP contribution is -2.30. The van der Waals surface area contributed by atoms with E-state index in [2.05, 4.69) is 10.3 Å². The van der Waals surface area contributed by atoms with Crippen LogP contribution in [-0.2, 0) is 21.3 Å². The highest BCUT2D eigenvalue weighted by molar-refractivity contribution is 7.84. The Morgan fingerprint density at radius 3 is 3.00 bits per heavy atom. The van der Waals surface area contributed by atoms with E-state index in [9.17, 15) is 9.00 Å². The molecule has 0 bridgehead atoms. The summed E-state index contributed by atoms with van der Waals surface area (Å²) in [5.41, 5.74) is 0.803. The number of carbonyl (C=O) groups is 1. The van der Waals surface area contributed by atoms with Crippen LogP contribution in [0.1, 0.15) is 18.5 Å². The summed E-state index contributed by atoms with van der Waals surface area (Å²) < 4.78 is 12.0. The zero-order valence-corrected chi connectivity index (χ0v) is 13.9. The number of rotatable bonds is 7. The number of thiophene rings is 1. The molecule has 3 rings (SSSR count). The second-order valence-corrected chi connectivity index (χ2v) is 8.36. The highest BCUT2D eigenvalue weighted by Crippen LogP contribution is 2.28. The lowest BCUT2D eigenvalue weighted by atomic mass is 10.4. The van der Waals surface area contributed by atoms with Crippen molar-refractivity contribution in [2.45, 2.75) is 18.6 Å². The van der Waals surface area contributed by atoms with Gasteiger partial charge in [-0.2, -0.15) is 0 Å². The van der Waals surface area contributed by atoms with E-state index in [0.29, 0.717) is 11.7 Å². The van der Waals surface area contributed by atoms with Gasteiger partial charge in [0.2, 0.25) is 5.91 Å². The van der Waals surface area contributed by atoms with Crippen molar-refractivity contribution < 1.29 is 9.00 Å². The lowest BCUT2D eigenvalue weighted by Gasteiger charge is -2.03. The van der Waals surface area contributed by atoms with Crippen LogP contribution in [0.5, 0.6) is 0 Å². The minimum Gasteiger partial charge on any atom is -0.355 e. The molecular weight excluding hydrogens is 324 g/mol. The van der Waals surface area contributed by atoms with Crippen molar-refractivity contribution in [2.75, 3.05) is 12.3 Å². The summed E-state index contributed by atoms with van der Waals surface area (Å²) in [6.45, 7) is 0.731. The molecule has 1 amide bonds. The summed E-state index contributed by atoms with van der Waals surface area (Å²) >= 11 is 3.20. The summed E-state index contributed by atoms with van der Waals surface area (Å²) in [4.78, 5) is 17.3. The number of nitrogens with one attached hydrogen (secondary N) is 1. The average Bonchev–Trinajstić information content (AvgIpc) is 2.92. The standard InChI is InChI=1S/C14H16N2O2S3/c17-13(15-6-10-3-4-10)9-21(18)8-11-7-20-14(16-11)12-2-1-5-19-12/h1-2,5,7,10H,3-4,6,8-9H2,(H,15,17)/t21-/m1/s1. The maximum atomic E-state index is 12.0. The van der Waals surface area contributed by atoms with E-state index >= 15 is 0 Å². The number of hydrogen-bond donors (Lipinski definition) is 1. The van der Waals surface area contributed by atoms with Crippen LogP contribution < -0.4 is 5.32 Å². The lowest BCUT2D eigenvalue weighted by molar-refractivity contribution is -0.118. The van der Waals surface area contributed by atoms with Gasteiger partial charge in [0.15, 0.2) is 0 Å². The number of carbonyl (C=O) groups excluding carboxylic acids is 1. The Hall–Kier alpha value is -1.05. The second-order valence-electron chi connectivity index (χ2n) is 5.10. The molecule has 0 aliphatic heterocycles. The van der Waals surface area contributed by atoms with Gasteiger partial charge in [-0.25, -0.2) is 4.98 Å². The molecule has 112 valence electrons. The van der Waals surface area contributed by atoms with E-state index in [0.717, 1.165) is 22.1 Å². The molecule has 1 aliphatic carbocycles. The first-order valence-electron chi connectivity index (χ1n) is 6.80. The summed E-state index contributed by atoms with van der Waals surface area (Å²) in [6, 6.07) is 4.01. The molecule has 21 heavy (non-hydrogen) atoms. The molecule has 0 spiro atoms. The molecule has 0 saturated heterocycles. The van der Waals surface area contributed by atoms with E-state index in [4.69, 9.17) is 0 Å². The van der Waals surface area contributed by atoms with E-state index in [1.54, 1.807) is 22.7 Å². The summed E-state index contributed by atoms with van der Waals surface area (Å²) in [5, 5.41) is 7.73. The van der Waals surface area contributed by atoms with Crippen LogP contribution in [0.3, 0.4) is 0 Å². The quantitative estimate of drug-likeness (QED) is 0.843. The largest absolute Gasteiger partial charge is 0.355 e. The van der Waals surface area contributed by atoms with Crippen LogP contribution in [0.25, 0.3) is 9.88 Å². The first-order valence-corrected chi connectivity index (χ1v) is 10.1. The number of hydrogen-bond acceptors (Lipinski definition) is 5. The van der Waals surface area contributed by atoms with Crippen LogP contribution >= 0.6 is 22.7 Å². The van der Waals surface area contributed by atoms with E-state index in [-0.39, 0.29) is 11.7 Å². The van der Waals surface area contributed by atoms with Crippen molar-refractivity contribution in [3.8, 4) is 9.88 Å². The Bertz CT molecular complexity index is 632. The van der Waals surface area contributed by atoms with Crippen LogP contribution in [0.15, 0.2) is 22.9 Å².